The van der Waals surface area contributed by atoms with Gasteiger partial charge in [-0.1, -0.05) is 24.3 Å². The Labute approximate surface area is 125 Å². The summed E-state index contributed by atoms with van der Waals surface area (Å²) in [6.45, 7) is 3.04. The summed E-state index contributed by atoms with van der Waals surface area (Å²) in [4.78, 5) is 0. The molecule has 0 aromatic heterocycles. The van der Waals surface area contributed by atoms with Crippen LogP contribution in [0, 0.1) is 12.8 Å². The SMILES string of the molecule is Cc1ccccc1C(NN)C1CCOC2(CCSC2)C1. The third-order valence-corrected chi connectivity index (χ3v) is 6.00. The number of rotatable bonds is 3. The summed E-state index contributed by atoms with van der Waals surface area (Å²) in [7, 11) is 0. The van der Waals surface area contributed by atoms with Crippen LogP contribution in [0.25, 0.3) is 0 Å². The number of nitrogens with two attached hydrogens (primary N) is 1. The Hall–Kier alpha value is -0.550. The Balaban J connectivity index is 1.81. The summed E-state index contributed by atoms with van der Waals surface area (Å²) in [6.07, 6.45) is 3.41. The van der Waals surface area contributed by atoms with E-state index in [1.807, 2.05) is 11.8 Å². The molecule has 2 aliphatic heterocycles. The molecule has 2 heterocycles. The van der Waals surface area contributed by atoms with Crippen molar-refractivity contribution < 1.29 is 4.74 Å². The summed E-state index contributed by atoms with van der Waals surface area (Å²) in [5.74, 6) is 8.84. The summed E-state index contributed by atoms with van der Waals surface area (Å²) in [5, 5.41) is 0. The molecule has 110 valence electrons. The second-order valence-electron chi connectivity index (χ2n) is 6.09. The number of nitrogens with one attached hydrogen (secondary N) is 1. The van der Waals surface area contributed by atoms with Gasteiger partial charge in [-0.15, -0.1) is 0 Å². The first-order valence-corrected chi connectivity index (χ1v) is 8.63. The molecule has 1 aromatic carbocycles. The molecule has 2 saturated heterocycles. The molecule has 3 unspecified atom stereocenters. The van der Waals surface area contributed by atoms with Gasteiger partial charge >= 0.3 is 0 Å². The molecule has 3 rings (SSSR count). The van der Waals surface area contributed by atoms with Gasteiger partial charge in [-0.2, -0.15) is 11.8 Å². The van der Waals surface area contributed by atoms with Crippen LogP contribution in [0.5, 0.6) is 0 Å². The molecule has 3 N–H and O–H groups in total. The molecule has 1 spiro atoms. The van der Waals surface area contributed by atoms with Gasteiger partial charge in [0, 0.05) is 18.4 Å². The maximum Gasteiger partial charge on any atom is 0.0783 e. The fraction of sp³-hybridized carbons (Fsp3) is 0.625. The van der Waals surface area contributed by atoms with Crippen molar-refractivity contribution in [2.45, 2.75) is 37.8 Å². The lowest BCUT2D eigenvalue weighted by Gasteiger charge is -2.41. The van der Waals surface area contributed by atoms with Gasteiger partial charge in [0.2, 0.25) is 0 Å². The van der Waals surface area contributed by atoms with Gasteiger partial charge in [0.1, 0.15) is 0 Å². The van der Waals surface area contributed by atoms with E-state index in [0.29, 0.717) is 5.92 Å². The topological polar surface area (TPSA) is 47.3 Å². The normalized spacial score (nSPS) is 31.6. The highest BCUT2D eigenvalue weighted by molar-refractivity contribution is 7.99. The Kier molecular flexibility index (Phi) is 4.36. The predicted molar refractivity (Wildman–Crippen MR) is 84.6 cm³/mol. The lowest BCUT2D eigenvalue weighted by molar-refractivity contribution is -0.0854. The van der Waals surface area contributed by atoms with Crippen LogP contribution in [0.2, 0.25) is 0 Å². The number of hydrazine groups is 1. The lowest BCUT2D eigenvalue weighted by atomic mass is 9.78. The second kappa shape index (κ2) is 6.06. The fourth-order valence-corrected chi connectivity index (χ4v) is 5.01. The molecule has 2 fully saturated rings. The largest absolute Gasteiger partial charge is 0.374 e. The zero-order chi connectivity index (χ0) is 14.0. The number of hydrogen-bond donors (Lipinski definition) is 2. The van der Waals surface area contributed by atoms with Gasteiger partial charge in [-0.05, 0) is 49.0 Å². The maximum absolute atomic E-state index is 6.13. The Morgan fingerprint density at radius 1 is 1.45 bits per heavy atom. The Morgan fingerprint density at radius 3 is 3.00 bits per heavy atom. The molecule has 1 aromatic rings. The summed E-state index contributed by atoms with van der Waals surface area (Å²) >= 11 is 2.02. The maximum atomic E-state index is 6.13. The van der Waals surface area contributed by atoms with E-state index >= 15 is 0 Å². The molecule has 0 saturated carbocycles. The molecular weight excluding hydrogens is 268 g/mol. The number of ether oxygens (including phenoxy) is 1. The summed E-state index contributed by atoms with van der Waals surface area (Å²) in [6, 6.07) is 8.80. The van der Waals surface area contributed by atoms with Gasteiger partial charge < -0.3 is 4.74 Å². The molecule has 20 heavy (non-hydrogen) atoms. The fourth-order valence-electron chi connectivity index (χ4n) is 3.63. The van der Waals surface area contributed by atoms with Crippen LogP contribution < -0.4 is 11.3 Å². The number of aryl methyl sites for hydroxylation is 1. The first-order chi connectivity index (χ1) is 9.74. The third-order valence-electron chi connectivity index (χ3n) is 4.77. The second-order valence-corrected chi connectivity index (χ2v) is 7.19. The minimum Gasteiger partial charge on any atom is -0.374 e. The monoisotopic (exact) mass is 292 g/mol. The van der Waals surface area contributed by atoms with Crippen molar-refractivity contribution in [3.8, 4) is 0 Å². The van der Waals surface area contributed by atoms with E-state index in [0.717, 1.165) is 25.2 Å². The molecule has 4 heteroatoms. The molecule has 0 aliphatic carbocycles. The van der Waals surface area contributed by atoms with E-state index in [-0.39, 0.29) is 11.6 Å². The highest BCUT2D eigenvalue weighted by Crippen LogP contribution is 2.44. The highest BCUT2D eigenvalue weighted by Gasteiger charge is 2.42. The first-order valence-electron chi connectivity index (χ1n) is 7.47. The van der Waals surface area contributed by atoms with Gasteiger partial charge in [-0.3, -0.25) is 11.3 Å². The van der Waals surface area contributed by atoms with Gasteiger partial charge in [0.05, 0.1) is 5.60 Å². The minimum absolute atomic E-state index is 0.116. The first kappa shape index (κ1) is 14.4. The van der Waals surface area contributed by atoms with Gasteiger partial charge in [0.15, 0.2) is 0 Å². The Bertz CT molecular complexity index is 460. The number of benzene rings is 1. The number of hydrogen-bond acceptors (Lipinski definition) is 4. The molecule has 2 aliphatic rings. The minimum atomic E-state index is 0.116. The van der Waals surface area contributed by atoms with E-state index in [1.54, 1.807) is 0 Å². The van der Waals surface area contributed by atoms with Gasteiger partial charge in [-0.25, -0.2) is 0 Å². The lowest BCUT2D eigenvalue weighted by Crippen LogP contribution is -2.45. The van der Waals surface area contributed by atoms with Crippen LogP contribution in [-0.2, 0) is 4.74 Å². The van der Waals surface area contributed by atoms with Crippen molar-refractivity contribution >= 4 is 11.8 Å². The third kappa shape index (κ3) is 2.75. The smallest absolute Gasteiger partial charge is 0.0783 e. The number of thioether (sulfide) groups is 1. The zero-order valence-corrected chi connectivity index (χ0v) is 12.9. The standard InChI is InChI=1S/C16H24N2OS/c1-12-4-2-3-5-14(12)15(18-17)13-6-8-19-16(10-13)7-9-20-11-16/h2-5,13,15,18H,6-11,17H2,1H3. The average molecular weight is 292 g/mol. The van der Waals surface area contributed by atoms with Crippen molar-refractivity contribution in [3.05, 3.63) is 35.4 Å². The van der Waals surface area contributed by atoms with Crippen molar-refractivity contribution in [2.75, 3.05) is 18.1 Å². The van der Waals surface area contributed by atoms with Crippen LogP contribution in [0.15, 0.2) is 24.3 Å². The van der Waals surface area contributed by atoms with E-state index in [1.165, 1.54) is 23.3 Å². The molecule has 3 atom stereocenters. The van der Waals surface area contributed by atoms with Crippen LogP contribution in [0.1, 0.15) is 36.4 Å². The average Bonchev–Trinajstić information content (AvgIpc) is 2.90. The predicted octanol–water partition coefficient (Wildman–Crippen LogP) is 2.80. The van der Waals surface area contributed by atoms with Crippen LogP contribution >= 0.6 is 11.8 Å². The van der Waals surface area contributed by atoms with E-state index in [4.69, 9.17) is 10.6 Å². The van der Waals surface area contributed by atoms with E-state index in [9.17, 15) is 0 Å². The quantitative estimate of drug-likeness (QED) is 0.664. The molecular formula is C16H24N2OS. The summed E-state index contributed by atoms with van der Waals surface area (Å²) < 4.78 is 6.13. The molecule has 0 radical (unpaired) electrons. The Morgan fingerprint density at radius 2 is 2.30 bits per heavy atom. The van der Waals surface area contributed by atoms with Crippen LogP contribution in [-0.4, -0.2) is 23.7 Å². The van der Waals surface area contributed by atoms with Crippen molar-refractivity contribution in [1.29, 1.82) is 0 Å². The van der Waals surface area contributed by atoms with Crippen LogP contribution in [0.4, 0.5) is 0 Å². The van der Waals surface area contributed by atoms with E-state index in [2.05, 4.69) is 36.6 Å². The van der Waals surface area contributed by atoms with Crippen molar-refractivity contribution in [2.24, 2.45) is 11.8 Å². The van der Waals surface area contributed by atoms with E-state index < -0.39 is 0 Å². The zero-order valence-electron chi connectivity index (χ0n) is 12.1. The van der Waals surface area contributed by atoms with Crippen molar-refractivity contribution in [1.82, 2.24) is 5.43 Å². The van der Waals surface area contributed by atoms with Gasteiger partial charge in [0.25, 0.3) is 0 Å². The highest BCUT2D eigenvalue weighted by atomic mass is 32.2. The van der Waals surface area contributed by atoms with Crippen LogP contribution in [0.3, 0.4) is 0 Å². The summed E-state index contributed by atoms with van der Waals surface area (Å²) in [5.41, 5.74) is 5.84. The molecule has 0 bridgehead atoms. The molecule has 0 amide bonds. The van der Waals surface area contributed by atoms with Crippen molar-refractivity contribution in [3.63, 3.8) is 0 Å². The molecule has 3 nitrogen and oxygen atoms in total.